The van der Waals surface area contributed by atoms with Gasteiger partial charge in [-0.05, 0) is 64.0 Å². The summed E-state index contributed by atoms with van der Waals surface area (Å²) >= 11 is 12.0. The topological polar surface area (TPSA) is 69.7 Å². The van der Waals surface area contributed by atoms with Gasteiger partial charge in [-0.1, -0.05) is 23.2 Å². The van der Waals surface area contributed by atoms with Crippen LogP contribution in [0.25, 0.3) is 0 Å². The Hall–Kier alpha value is -0.860. The molecule has 2 aliphatic heterocycles. The molecule has 27 heavy (non-hydrogen) atoms. The molecule has 0 radical (unpaired) electrons. The molecule has 0 unspecified atom stereocenters. The van der Waals surface area contributed by atoms with Crippen LogP contribution >= 0.6 is 23.2 Å². The second kappa shape index (κ2) is 8.66. The maximum absolute atomic E-state index is 13.0. The Balaban J connectivity index is 1.68. The molecule has 3 rings (SSSR count). The highest BCUT2D eigenvalue weighted by Crippen LogP contribution is 2.30. The Kier molecular flexibility index (Phi) is 6.69. The molecular weight excluding hydrogens is 409 g/mol. The van der Waals surface area contributed by atoms with Gasteiger partial charge in [0.2, 0.25) is 15.9 Å². The largest absolute Gasteiger partial charge is 0.353 e. The van der Waals surface area contributed by atoms with Crippen molar-refractivity contribution in [3.63, 3.8) is 0 Å². The fourth-order valence-electron chi connectivity index (χ4n) is 3.66. The Morgan fingerprint density at radius 1 is 1.15 bits per heavy atom. The normalized spacial score (nSPS) is 23.3. The predicted octanol–water partition coefficient (Wildman–Crippen LogP) is 2.60. The van der Waals surface area contributed by atoms with Crippen molar-refractivity contribution in [2.24, 2.45) is 5.92 Å². The Bertz CT molecular complexity index is 795. The molecule has 0 aliphatic carbocycles. The standard InChI is InChI=1S/C18H25Cl2N3O3S/c1-22-9-6-15(7-10-22)21-18(24)13-3-2-8-23(12-13)27(25,26)17-11-14(19)4-5-16(17)20/h4-5,11,13,15H,2-3,6-10,12H2,1H3,(H,21,24)/t13-/m0/s1. The third-order valence-corrected chi connectivity index (χ3v) is 7.91. The van der Waals surface area contributed by atoms with Crippen molar-refractivity contribution in [2.45, 2.75) is 36.6 Å². The minimum absolute atomic E-state index is 0.00644. The lowest BCUT2D eigenvalue weighted by molar-refractivity contribution is -0.127. The zero-order valence-electron chi connectivity index (χ0n) is 15.3. The number of piperidine rings is 2. The third kappa shape index (κ3) is 4.95. The second-order valence-electron chi connectivity index (χ2n) is 7.36. The smallest absolute Gasteiger partial charge is 0.244 e. The van der Waals surface area contributed by atoms with E-state index in [1.165, 1.54) is 16.4 Å². The van der Waals surface area contributed by atoms with Crippen molar-refractivity contribution < 1.29 is 13.2 Å². The van der Waals surface area contributed by atoms with Crippen molar-refractivity contribution in [3.05, 3.63) is 28.2 Å². The first-order chi connectivity index (χ1) is 12.8. The van der Waals surface area contributed by atoms with E-state index < -0.39 is 10.0 Å². The Labute approximate surface area is 170 Å². The fourth-order valence-corrected chi connectivity index (χ4v) is 5.92. The van der Waals surface area contributed by atoms with Gasteiger partial charge in [-0.25, -0.2) is 8.42 Å². The number of nitrogens with one attached hydrogen (secondary N) is 1. The molecule has 1 amide bonds. The van der Waals surface area contributed by atoms with Gasteiger partial charge in [0.1, 0.15) is 4.90 Å². The van der Waals surface area contributed by atoms with E-state index in [1.54, 1.807) is 6.07 Å². The molecule has 1 aromatic carbocycles. The van der Waals surface area contributed by atoms with E-state index in [1.807, 2.05) is 0 Å². The molecule has 1 N–H and O–H groups in total. The third-order valence-electron chi connectivity index (χ3n) is 5.33. The summed E-state index contributed by atoms with van der Waals surface area (Å²) in [4.78, 5) is 14.9. The summed E-state index contributed by atoms with van der Waals surface area (Å²) in [6.07, 6.45) is 3.18. The van der Waals surface area contributed by atoms with E-state index in [0.29, 0.717) is 24.4 Å². The van der Waals surface area contributed by atoms with Crippen LogP contribution in [0.3, 0.4) is 0 Å². The van der Waals surface area contributed by atoms with Gasteiger partial charge in [0.15, 0.2) is 0 Å². The predicted molar refractivity (Wildman–Crippen MR) is 107 cm³/mol. The van der Waals surface area contributed by atoms with Crippen LogP contribution in [0.5, 0.6) is 0 Å². The number of hydrogen-bond donors (Lipinski definition) is 1. The van der Waals surface area contributed by atoms with Gasteiger partial charge < -0.3 is 10.2 Å². The zero-order chi connectivity index (χ0) is 19.6. The lowest BCUT2D eigenvalue weighted by Crippen LogP contribution is -2.49. The lowest BCUT2D eigenvalue weighted by Gasteiger charge is -2.34. The second-order valence-corrected chi connectivity index (χ2v) is 10.1. The maximum Gasteiger partial charge on any atom is 0.244 e. The number of nitrogens with zero attached hydrogens (tertiary/aromatic N) is 2. The van der Waals surface area contributed by atoms with Gasteiger partial charge in [0.05, 0.1) is 10.9 Å². The maximum atomic E-state index is 13.0. The summed E-state index contributed by atoms with van der Waals surface area (Å²) < 4.78 is 27.4. The average Bonchev–Trinajstić information content (AvgIpc) is 2.65. The molecular formula is C18H25Cl2N3O3S. The van der Waals surface area contributed by atoms with Crippen LogP contribution in [0.2, 0.25) is 10.0 Å². The van der Waals surface area contributed by atoms with E-state index >= 15 is 0 Å². The summed E-state index contributed by atoms with van der Waals surface area (Å²) in [5.41, 5.74) is 0. The quantitative estimate of drug-likeness (QED) is 0.791. The first-order valence-corrected chi connectivity index (χ1v) is 11.4. The van der Waals surface area contributed by atoms with Gasteiger partial charge in [0, 0.05) is 24.2 Å². The molecule has 1 atom stereocenters. The van der Waals surface area contributed by atoms with Crippen molar-refractivity contribution in [1.29, 1.82) is 0 Å². The van der Waals surface area contributed by atoms with Crippen molar-refractivity contribution in [1.82, 2.24) is 14.5 Å². The molecule has 9 heteroatoms. The van der Waals surface area contributed by atoms with Gasteiger partial charge in [0.25, 0.3) is 0 Å². The molecule has 0 spiro atoms. The summed E-state index contributed by atoms with van der Waals surface area (Å²) in [5.74, 6) is -0.396. The van der Waals surface area contributed by atoms with E-state index in [0.717, 1.165) is 25.9 Å². The van der Waals surface area contributed by atoms with Gasteiger partial charge in [-0.2, -0.15) is 4.31 Å². The zero-order valence-corrected chi connectivity index (χ0v) is 17.7. The van der Waals surface area contributed by atoms with E-state index in [2.05, 4.69) is 17.3 Å². The molecule has 2 aliphatic rings. The minimum atomic E-state index is -3.79. The molecule has 2 heterocycles. The lowest BCUT2D eigenvalue weighted by atomic mass is 9.97. The molecule has 2 fully saturated rings. The van der Waals surface area contributed by atoms with Crippen LogP contribution in [0.1, 0.15) is 25.7 Å². The number of benzene rings is 1. The molecule has 150 valence electrons. The summed E-state index contributed by atoms with van der Waals surface area (Å²) in [6.45, 7) is 2.47. The van der Waals surface area contributed by atoms with Crippen LogP contribution in [0, 0.1) is 5.92 Å². The highest BCUT2D eigenvalue weighted by atomic mass is 35.5. The molecule has 2 saturated heterocycles. The van der Waals surface area contributed by atoms with Crippen LogP contribution in [-0.4, -0.2) is 62.8 Å². The van der Waals surface area contributed by atoms with Crippen LogP contribution in [-0.2, 0) is 14.8 Å². The first kappa shape index (κ1) is 20.9. The molecule has 0 aromatic heterocycles. The van der Waals surface area contributed by atoms with Gasteiger partial charge >= 0.3 is 0 Å². The molecule has 1 aromatic rings. The van der Waals surface area contributed by atoms with Crippen LogP contribution in [0.4, 0.5) is 0 Å². The Morgan fingerprint density at radius 2 is 1.85 bits per heavy atom. The number of hydrogen-bond acceptors (Lipinski definition) is 4. The van der Waals surface area contributed by atoms with Gasteiger partial charge in [-0.15, -0.1) is 0 Å². The monoisotopic (exact) mass is 433 g/mol. The fraction of sp³-hybridized carbons (Fsp3) is 0.611. The highest BCUT2D eigenvalue weighted by Gasteiger charge is 2.35. The number of carbonyl (C=O) groups is 1. The molecule has 0 bridgehead atoms. The van der Waals surface area contributed by atoms with Gasteiger partial charge in [-0.3, -0.25) is 4.79 Å². The van der Waals surface area contributed by atoms with E-state index in [9.17, 15) is 13.2 Å². The number of carbonyl (C=O) groups excluding carboxylic acids is 1. The van der Waals surface area contributed by atoms with E-state index in [4.69, 9.17) is 23.2 Å². The number of sulfonamides is 1. The van der Waals surface area contributed by atoms with Crippen LogP contribution < -0.4 is 5.32 Å². The van der Waals surface area contributed by atoms with E-state index in [-0.39, 0.29) is 34.3 Å². The highest BCUT2D eigenvalue weighted by molar-refractivity contribution is 7.89. The van der Waals surface area contributed by atoms with Crippen molar-refractivity contribution in [2.75, 3.05) is 33.2 Å². The van der Waals surface area contributed by atoms with Crippen molar-refractivity contribution >= 4 is 39.1 Å². The molecule has 0 saturated carbocycles. The summed E-state index contributed by atoms with van der Waals surface area (Å²) in [6, 6.07) is 4.56. The number of likely N-dealkylation sites (tertiary alicyclic amines) is 1. The minimum Gasteiger partial charge on any atom is -0.353 e. The number of amides is 1. The number of halogens is 2. The van der Waals surface area contributed by atoms with Crippen molar-refractivity contribution in [3.8, 4) is 0 Å². The first-order valence-electron chi connectivity index (χ1n) is 9.21. The molecule has 6 nitrogen and oxygen atoms in total. The average molecular weight is 434 g/mol. The summed E-state index contributed by atoms with van der Waals surface area (Å²) in [7, 11) is -1.72. The Morgan fingerprint density at radius 3 is 2.56 bits per heavy atom. The summed E-state index contributed by atoms with van der Waals surface area (Å²) in [5, 5.41) is 3.56. The van der Waals surface area contributed by atoms with Crippen LogP contribution in [0.15, 0.2) is 23.1 Å². The SMILES string of the molecule is CN1CCC(NC(=O)[C@H]2CCCN(S(=O)(=O)c3cc(Cl)ccc3Cl)C2)CC1. The number of rotatable bonds is 4.